The molecule has 0 aliphatic carbocycles. The minimum Gasteiger partial charge on any atom is -0.301 e. The van der Waals surface area contributed by atoms with Crippen LogP contribution in [-0.4, -0.2) is 29.5 Å². The second-order valence-electron chi connectivity index (χ2n) is 4.18. The van der Waals surface area contributed by atoms with Crippen LogP contribution in [0.15, 0.2) is 28.9 Å². The summed E-state index contributed by atoms with van der Waals surface area (Å²) < 4.78 is 26.7. The molecule has 1 unspecified atom stereocenters. The predicted octanol–water partition coefficient (Wildman–Crippen LogP) is 0.931. The quantitative estimate of drug-likeness (QED) is 0.790. The van der Waals surface area contributed by atoms with Crippen LogP contribution in [0.2, 0.25) is 0 Å². The van der Waals surface area contributed by atoms with Crippen LogP contribution in [0.5, 0.6) is 0 Å². The molecule has 0 spiro atoms. The van der Waals surface area contributed by atoms with E-state index in [1.165, 1.54) is 6.92 Å². The molecule has 0 saturated heterocycles. The lowest BCUT2D eigenvalue weighted by atomic mass is 10.1. The lowest BCUT2D eigenvalue weighted by molar-refractivity contribution is -0.114. The molecular formula is C11H13N5O3S2. The van der Waals surface area contributed by atoms with Crippen molar-refractivity contribution in [2.24, 2.45) is 0 Å². The van der Waals surface area contributed by atoms with Gasteiger partial charge in [-0.15, -0.1) is 10.2 Å². The third-order valence-corrected chi connectivity index (χ3v) is 5.20. The van der Waals surface area contributed by atoms with Crippen LogP contribution >= 0.6 is 11.3 Å². The van der Waals surface area contributed by atoms with Crippen molar-refractivity contribution in [1.82, 2.24) is 19.9 Å². The number of nitrogens with one attached hydrogen (secondary N) is 2. The van der Waals surface area contributed by atoms with E-state index in [9.17, 15) is 13.2 Å². The third-order valence-electron chi connectivity index (χ3n) is 2.46. The average molecular weight is 327 g/mol. The lowest BCUT2D eigenvalue weighted by Crippen LogP contribution is -2.26. The van der Waals surface area contributed by atoms with Gasteiger partial charge in [0.05, 0.1) is 0 Å². The Labute approximate surface area is 125 Å². The second-order valence-corrected chi connectivity index (χ2v) is 7.04. The first-order chi connectivity index (χ1) is 9.88. The van der Waals surface area contributed by atoms with E-state index in [1.807, 2.05) is 0 Å². The molecule has 2 rings (SSSR count). The smallest absolute Gasteiger partial charge is 0.270 e. The summed E-state index contributed by atoms with van der Waals surface area (Å²) in [4.78, 5) is 14.8. The second kappa shape index (κ2) is 6.24. The highest BCUT2D eigenvalue weighted by Gasteiger charge is 2.23. The van der Waals surface area contributed by atoms with Gasteiger partial charge in [0.25, 0.3) is 10.0 Å². The normalized spacial score (nSPS) is 12.9. The monoisotopic (exact) mass is 327 g/mol. The van der Waals surface area contributed by atoms with Crippen molar-refractivity contribution >= 4 is 32.4 Å². The molecule has 0 fully saturated rings. The van der Waals surface area contributed by atoms with Gasteiger partial charge in [-0.05, 0) is 24.6 Å². The summed E-state index contributed by atoms with van der Waals surface area (Å²) in [5, 5.41) is 9.71. The number of aromatic nitrogens is 3. The summed E-state index contributed by atoms with van der Waals surface area (Å²) in [6.45, 7) is 3.02. The van der Waals surface area contributed by atoms with Gasteiger partial charge in [-0.25, -0.2) is 13.1 Å². The number of sulfonamides is 1. The number of anilines is 1. The number of hydrogen-bond donors (Lipinski definition) is 2. The van der Waals surface area contributed by atoms with Crippen molar-refractivity contribution in [3.05, 3.63) is 30.1 Å². The molecule has 8 nitrogen and oxygen atoms in total. The summed E-state index contributed by atoms with van der Waals surface area (Å²) >= 11 is 0.788. The molecule has 1 atom stereocenters. The zero-order valence-electron chi connectivity index (χ0n) is 11.3. The molecule has 0 saturated carbocycles. The maximum absolute atomic E-state index is 12.2. The fraction of sp³-hybridized carbons (Fsp3) is 0.273. The van der Waals surface area contributed by atoms with Crippen molar-refractivity contribution in [3.63, 3.8) is 0 Å². The number of hydrogen-bond acceptors (Lipinski definition) is 7. The zero-order valence-corrected chi connectivity index (χ0v) is 12.9. The van der Waals surface area contributed by atoms with Crippen molar-refractivity contribution in [3.8, 4) is 0 Å². The molecule has 10 heteroatoms. The minimum atomic E-state index is -3.80. The third kappa shape index (κ3) is 4.03. The highest BCUT2D eigenvalue weighted by atomic mass is 32.2. The number of carbonyl (C=O) groups is 1. The molecule has 2 aromatic rings. The Hall–Kier alpha value is -1.91. The van der Waals surface area contributed by atoms with Gasteiger partial charge in [-0.3, -0.25) is 9.78 Å². The van der Waals surface area contributed by atoms with Crippen LogP contribution in [0, 0.1) is 0 Å². The van der Waals surface area contributed by atoms with Gasteiger partial charge in [0.15, 0.2) is 0 Å². The Morgan fingerprint density at radius 3 is 2.57 bits per heavy atom. The lowest BCUT2D eigenvalue weighted by Gasteiger charge is -2.12. The summed E-state index contributed by atoms with van der Waals surface area (Å²) in [5.41, 5.74) is 0.778. The molecule has 112 valence electrons. The molecule has 0 aromatic carbocycles. The van der Waals surface area contributed by atoms with Crippen LogP contribution in [0.25, 0.3) is 0 Å². The molecule has 0 bridgehead atoms. The molecule has 0 aliphatic rings. The average Bonchev–Trinajstić information content (AvgIpc) is 2.88. The van der Waals surface area contributed by atoms with Gasteiger partial charge in [-0.1, -0.05) is 11.3 Å². The molecular weight excluding hydrogens is 314 g/mol. The first kappa shape index (κ1) is 15.5. The van der Waals surface area contributed by atoms with Crippen LogP contribution in [0.3, 0.4) is 0 Å². The fourth-order valence-electron chi connectivity index (χ4n) is 1.52. The van der Waals surface area contributed by atoms with Crippen molar-refractivity contribution < 1.29 is 13.2 Å². The van der Waals surface area contributed by atoms with Crippen molar-refractivity contribution in [2.45, 2.75) is 24.2 Å². The highest BCUT2D eigenvalue weighted by molar-refractivity contribution is 7.91. The van der Waals surface area contributed by atoms with E-state index in [2.05, 4.69) is 25.2 Å². The molecule has 0 radical (unpaired) electrons. The first-order valence-corrected chi connectivity index (χ1v) is 8.22. The van der Waals surface area contributed by atoms with E-state index in [0.29, 0.717) is 0 Å². The number of carbonyl (C=O) groups excluding carboxylic acids is 1. The van der Waals surface area contributed by atoms with Gasteiger partial charge in [0.1, 0.15) is 0 Å². The van der Waals surface area contributed by atoms with Gasteiger partial charge in [0.2, 0.25) is 15.4 Å². The van der Waals surface area contributed by atoms with Crippen LogP contribution in [0.4, 0.5) is 5.13 Å². The van der Waals surface area contributed by atoms with E-state index in [1.54, 1.807) is 31.5 Å². The summed E-state index contributed by atoms with van der Waals surface area (Å²) in [7, 11) is -3.80. The Balaban J connectivity index is 2.15. The maximum atomic E-state index is 12.2. The number of amides is 1. The summed E-state index contributed by atoms with van der Waals surface area (Å²) in [6, 6.07) is 3.00. The predicted molar refractivity (Wildman–Crippen MR) is 77.2 cm³/mol. The molecule has 1 amide bonds. The SMILES string of the molecule is CC(=O)Nc1nnc(S(=O)(=O)NC(C)c2ccncc2)s1. The number of rotatable bonds is 5. The fourth-order valence-corrected chi connectivity index (χ4v) is 3.72. The molecule has 2 aromatic heterocycles. The van der Waals surface area contributed by atoms with Crippen molar-refractivity contribution in [1.29, 1.82) is 0 Å². The Kier molecular flexibility index (Phi) is 4.60. The summed E-state index contributed by atoms with van der Waals surface area (Å²) in [6.07, 6.45) is 3.17. The number of pyridine rings is 1. The molecule has 2 N–H and O–H groups in total. The van der Waals surface area contributed by atoms with Crippen LogP contribution < -0.4 is 10.0 Å². The molecule has 21 heavy (non-hydrogen) atoms. The minimum absolute atomic E-state index is 0.138. The first-order valence-electron chi connectivity index (χ1n) is 5.92. The highest BCUT2D eigenvalue weighted by Crippen LogP contribution is 2.22. The standard InChI is InChI=1S/C11H13N5O3S2/c1-7(9-3-5-12-6-4-9)16-21(18,19)11-15-14-10(20-11)13-8(2)17/h3-7,16H,1-2H3,(H,13,14,17). The Bertz CT molecular complexity index is 729. The molecule has 0 aliphatic heterocycles. The Morgan fingerprint density at radius 1 is 1.29 bits per heavy atom. The van der Waals surface area contributed by atoms with E-state index < -0.39 is 16.1 Å². The van der Waals surface area contributed by atoms with Gasteiger partial charge < -0.3 is 5.32 Å². The van der Waals surface area contributed by atoms with Gasteiger partial charge in [-0.2, -0.15) is 0 Å². The van der Waals surface area contributed by atoms with Crippen LogP contribution in [0.1, 0.15) is 25.5 Å². The van der Waals surface area contributed by atoms with E-state index in [0.717, 1.165) is 16.9 Å². The van der Waals surface area contributed by atoms with E-state index >= 15 is 0 Å². The summed E-state index contributed by atoms with van der Waals surface area (Å²) in [5.74, 6) is -0.340. The van der Waals surface area contributed by atoms with E-state index in [-0.39, 0.29) is 15.4 Å². The van der Waals surface area contributed by atoms with E-state index in [4.69, 9.17) is 0 Å². The topological polar surface area (TPSA) is 114 Å². The number of nitrogens with zero attached hydrogens (tertiary/aromatic N) is 3. The van der Waals surface area contributed by atoms with Crippen molar-refractivity contribution in [2.75, 3.05) is 5.32 Å². The Morgan fingerprint density at radius 2 is 1.95 bits per heavy atom. The van der Waals surface area contributed by atoms with Gasteiger partial charge >= 0.3 is 0 Å². The zero-order chi connectivity index (χ0) is 15.5. The van der Waals surface area contributed by atoms with Gasteiger partial charge in [0, 0.05) is 25.4 Å². The van der Waals surface area contributed by atoms with Crippen LogP contribution in [-0.2, 0) is 14.8 Å². The maximum Gasteiger partial charge on any atom is 0.270 e. The largest absolute Gasteiger partial charge is 0.301 e. The molecule has 2 heterocycles.